The van der Waals surface area contributed by atoms with Gasteiger partial charge in [0, 0.05) is 39.1 Å². The lowest BCUT2D eigenvalue weighted by Gasteiger charge is -2.35. The second kappa shape index (κ2) is 11.2. The summed E-state index contributed by atoms with van der Waals surface area (Å²) in [6, 6.07) is 10.4. The number of carbonyl (C=O) groups excluding carboxylic acids is 1. The summed E-state index contributed by atoms with van der Waals surface area (Å²) in [6.07, 6.45) is 1.20. The van der Waals surface area contributed by atoms with Crippen molar-refractivity contribution < 1.29 is 22.0 Å². The second-order valence-corrected chi connectivity index (χ2v) is 10.7. The van der Waals surface area contributed by atoms with Crippen molar-refractivity contribution >= 4 is 15.9 Å². The van der Waals surface area contributed by atoms with Crippen LogP contribution in [0.3, 0.4) is 0 Å². The molecule has 2 N–H and O–H groups in total. The van der Waals surface area contributed by atoms with Crippen molar-refractivity contribution in [3.8, 4) is 0 Å². The van der Waals surface area contributed by atoms with E-state index >= 15 is 0 Å². The summed E-state index contributed by atoms with van der Waals surface area (Å²) >= 11 is 0. The first kappa shape index (κ1) is 25.3. The SMILES string of the molecule is CC1CC(C)CN(Cc2ccc(CNC(=O)CCNS(=O)(=O)c3ccc(F)c(F)c3)cc2)C1. The van der Waals surface area contributed by atoms with Gasteiger partial charge in [0.25, 0.3) is 0 Å². The number of hydrogen-bond donors (Lipinski definition) is 2. The number of nitrogens with one attached hydrogen (secondary N) is 2. The van der Waals surface area contributed by atoms with Crippen molar-refractivity contribution in [3.63, 3.8) is 0 Å². The normalized spacial score (nSPS) is 19.4. The average molecular weight is 480 g/mol. The zero-order valence-electron chi connectivity index (χ0n) is 19.0. The summed E-state index contributed by atoms with van der Waals surface area (Å²) in [5, 5.41) is 2.76. The maximum absolute atomic E-state index is 13.3. The molecular weight excluding hydrogens is 448 g/mol. The molecule has 2 atom stereocenters. The van der Waals surface area contributed by atoms with E-state index < -0.39 is 26.6 Å². The molecule has 2 aromatic rings. The van der Waals surface area contributed by atoms with E-state index in [0.29, 0.717) is 24.4 Å². The summed E-state index contributed by atoms with van der Waals surface area (Å²) in [5.74, 6) is -1.27. The van der Waals surface area contributed by atoms with E-state index in [-0.39, 0.29) is 18.9 Å². The minimum absolute atomic E-state index is 0.0771. The molecule has 0 spiro atoms. The Morgan fingerprint density at radius 2 is 1.64 bits per heavy atom. The number of halogens is 2. The minimum Gasteiger partial charge on any atom is -0.352 e. The molecule has 1 saturated heterocycles. The fourth-order valence-electron chi connectivity index (χ4n) is 4.26. The maximum atomic E-state index is 13.3. The van der Waals surface area contributed by atoms with Gasteiger partial charge in [0.15, 0.2) is 11.6 Å². The monoisotopic (exact) mass is 479 g/mol. The molecule has 9 heteroatoms. The van der Waals surface area contributed by atoms with Crippen molar-refractivity contribution in [1.29, 1.82) is 0 Å². The highest BCUT2D eigenvalue weighted by molar-refractivity contribution is 7.89. The standard InChI is InChI=1S/C24H31F2N3O3S/c1-17-11-18(2)15-29(14-17)16-20-5-3-19(4-6-20)13-27-24(30)9-10-28-33(31,32)21-7-8-22(25)23(26)12-21/h3-8,12,17-18,28H,9-11,13-16H2,1-2H3,(H,27,30). The number of nitrogens with zero attached hydrogens (tertiary/aromatic N) is 1. The maximum Gasteiger partial charge on any atom is 0.240 e. The lowest BCUT2D eigenvalue weighted by atomic mass is 9.91. The Labute approximate surface area is 194 Å². The van der Waals surface area contributed by atoms with Gasteiger partial charge in [0.2, 0.25) is 15.9 Å². The molecule has 2 unspecified atom stereocenters. The smallest absolute Gasteiger partial charge is 0.240 e. The lowest BCUT2D eigenvalue weighted by Crippen LogP contribution is -2.38. The van der Waals surface area contributed by atoms with Crippen molar-refractivity contribution in [2.75, 3.05) is 19.6 Å². The predicted molar refractivity (Wildman–Crippen MR) is 123 cm³/mol. The summed E-state index contributed by atoms with van der Waals surface area (Å²) < 4.78 is 52.7. The molecule has 33 heavy (non-hydrogen) atoms. The van der Waals surface area contributed by atoms with Crippen molar-refractivity contribution in [2.24, 2.45) is 11.8 Å². The van der Waals surface area contributed by atoms with Crippen LogP contribution in [-0.4, -0.2) is 38.9 Å². The second-order valence-electron chi connectivity index (χ2n) is 8.96. The number of sulfonamides is 1. The number of likely N-dealkylation sites (tertiary alicyclic amines) is 1. The van der Waals surface area contributed by atoms with Gasteiger partial charge < -0.3 is 5.32 Å². The first-order valence-corrected chi connectivity index (χ1v) is 12.6. The zero-order valence-corrected chi connectivity index (χ0v) is 19.8. The van der Waals surface area contributed by atoms with E-state index in [4.69, 9.17) is 0 Å². The molecular formula is C24H31F2N3O3S. The Kier molecular flexibility index (Phi) is 8.56. The number of amides is 1. The Morgan fingerprint density at radius 3 is 2.27 bits per heavy atom. The number of hydrogen-bond acceptors (Lipinski definition) is 4. The predicted octanol–water partition coefficient (Wildman–Crippen LogP) is 3.43. The largest absolute Gasteiger partial charge is 0.352 e. The van der Waals surface area contributed by atoms with Gasteiger partial charge in [0.1, 0.15) is 0 Å². The highest BCUT2D eigenvalue weighted by atomic mass is 32.2. The van der Waals surface area contributed by atoms with Crippen molar-refractivity contribution in [1.82, 2.24) is 14.9 Å². The molecule has 6 nitrogen and oxygen atoms in total. The summed E-state index contributed by atoms with van der Waals surface area (Å²) in [4.78, 5) is 14.2. The molecule has 0 bridgehead atoms. The molecule has 3 rings (SSSR count). The third kappa shape index (κ3) is 7.58. The van der Waals surface area contributed by atoms with Crippen LogP contribution in [0.1, 0.15) is 37.8 Å². The Bertz CT molecular complexity index is 1050. The van der Waals surface area contributed by atoms with E-state index in [2.05, 4.69) is 40.9 Å². The van der Waals surface area contributed by atoms with E-state index in [0.717, 1.165) is 37.3 Å². The fourth-order valence-corrected chi connectivity index (χ4v) is 5.30. The summed E-state index contributed by atoms with van der Waals surface area (Å²) in [6.45, 7) is 7.92. The van der Waals surface area contributed by atoms with Gasteiger partial charge in [0.05, 0.1) is 4.90 Å². The van der Waals surface area contributed by atoms with Crippen LogP contribution in [-0.2, 0) is 27.9 Å². The van der Waals surface area contributed by atoms with E-state index in [1.165, 1.54) is 12.0 Å². The molecule has 1 amide bonds. The number of piperidine rings is 1. The van der Waals surface area contributed by atoms with Gasteiger partial charge in [-0.3, -0.25) is 9.69 Å². The molecule has 1 heterocycles. The third-order valence-electron chi connectivity index (χ3n) is 5.71. The van der Waals surface area contributed by atoms with Crippen LogP contribution >= 0.6 is 0 Å². The van der Waals surface area contributed by atoms with Crippen LogP contribution in [0, 0.1) is 23.5 Å². The van der Waals surface area contributed by atoms with Gasteiger partial charge in [-0.25, -0.2) is 21.9 Å². The van der Waals surface area contributed by atoms with Gasteiger partial charge in [-0.1, -0.05) is 38.1 Å². The van der Waals surface area contributed by atoms with Gasteiger partial charge in [-0.15, -0.1) is 0 Å². The van der Waals surface area contributed by atoms with Gasteiger partial charge in [-0.05, 0) is 47.6 Å². The van der Waals surface area contributed by atoms with Gasteiger partial charge >= 0.3 is 0 Å². The van der Waals surface area contributed by atoms with Crippen molar-refractivity contribution in [3.05, 3.63) is 65.2 Å². The van der Waals surface area contributed by atoms with E-state index in [9.17, 15) is 22.0 Å². The van der Waals surface area contributed by atoms with Crippen molar-refractivity contribution in [2.45, 2.75) is 44.7 Å². The van der Waals surface area contributed by atoms with Gasteiger partial charge in [-0.2, -0.15) is 0 Å². The van der Waals surface area contributed by atoms with Crippen LogP contribution in [0.2, 0.25) is 0 Å². The summed E-state index contributed by atoms with van der Waals surface area (Å²) in [5.41, 5.74) is 2.19. The Hall–Kier alpha value is -2.36. The quantitative estimate of drug-likeness (QED) is 0.578. The summed E-state index contributed by atoms with van der Waals surface area (Å²) in [7, 11) is -4.03. The first-order chi connectivity index (χ1) is 15.6. The van der Waals surface area contributed by atoms with E-state index in [1.807, 2.05) is 12.1 Å². The highest BCUT2D eigenvalue weighted by Crippen LogP contribution is 2.22. The lowest BCUT2D eigenvalue weighted by molar-refractivity contribution is -0.121. The van der Waals surface area contributed by atoms with E-state index in [1.54, 1.807) is 0 Å². The highest BCUT2D eigenvalue weighted by Gasteiger charge is 2.21. The first-order valence-electron chi connectivity index (χ1n) is 11.1. The Morgan fingerprint density at radius 1 is 1.00 bits per heavy atom. The van der Waals surface area contributed by atoms with Crippen LogP contribution in [0.25, 0.3) is 0 Å². The third-order valence-corrected chi connectivity index (χ3v) is 7.17. The molecule has 0 saturated carbocycles. The number of benzene rings is 2. The van der Waals surface area contributed by atoms with Crippen LogP contribution < -0.4 is 10.0 Å². The molecule has 0 aromatic heterocycles. The molecule has 1 aliphatic heterocycles. The molecule has 1 fully saturated rings. The van der Waals surface area contributed by atoms with Crippen LogP contribution in [0.4, 0.5) is 8.78 Å². The molecule has 1 aliphatic rings. The number of rotatable bonds is 9. The molecule has 180 valence electrons. The fraction of sp³-hybridized carbons (Fsp3) is 0.458. The topological polar surface area (TPSA) is 78.5 Å². The minimum atomic E-state index is -4.03. The number of carbonyl (C=O) groups is 1. The van der Waals surface area contributed by atoms with Crippen LogP contribution in [0.15, 0.2) is 47.4 Å². The average Bonchev–Trinajstić information content (AvgIpc) is 2.74. The van der Waals surface area contributed by atoms with Crippen LogP contribution in [0.5, 0.6) is 0 Å². The molecule has 0 radical (unpaired) electrons. The molecule has 0 aliphatic carbocycles. The Balaban J connectivity index is 1.41. The zero-order chi connectivity index (χ0) is 24.0. The molecule has 2 aromatic carbocycles.